The molecule has 6 heteroatoms. The van der Waals surface area contributed by atoms with Gasteiger partial charge >= 0.3 is 0 Å². The molecule has 0 spiro atoms. The summed E-state index contributed by atoms with van der Waals surface area (Å²) in [7, 11) is 0. The van der Waals surface area contributed by atoms with E-state index in [9.17, 15) is 9.18 Å². The molecule has 2 heterocycles. The van der Waals surface area contributed by atoms with Crippen LogP contribution in [-0.4, -0.2) is 42.0 Å². The van der Waals surface area contributed by atoms with Gasteiger partial charge in [0.1, 0.15) is 5.82 Å². The summed E-state index contributed by atoms with van der Waals surface area (Å²) in [6, 6.07) is 14.2. The van der Waals surface area contributed by atoms with Gasteiger partial charge in [-0.25, -0.2) is 9.37 Å². The molecule has 0 unspecified atom stereocenters. The van der Waals surface area contributed by atoms with Gasteiger partial charge in [-0.05, 0) is 24.3 Å². The van der Waals surface area contributed by atoms with E-state index >= 15 is 0 Å². The van der Waals surface area contributed by atoms with Crippen molar-refractivity contribution in [3.63, 3.8) is 0 Å². The normalized spacial score (nSPS) is 15.0. The SMILES string of the molecule is O=C(c1ccccc1F)N1CCN(c2nc3ccccc3s2)CC1. The third-order valence-corrected chi connectivity index (χ3v) is 5.32. The molecule has 1 fully saturated rings. The molecule has 1 aliphatic heterocycles. The highest BCUT2D eigenvalue weighted by molar-refractivity contribution is 7.22. The minimum Gasteiger partial charge on any atom is -0.345 e. The molecule has 1 aliphatic rings. The van der Waals surface area contributed by atoms with Crippen LogP contribution in [0.4, 0.5) is 9.52 Å². The van der Waals surface area contributed by atoms with Crippen molar-refractivity contribution in [2.75, 3.05) is 31.1 Å². The van der Waals surface area contributed by atoms with Crippen LogP contribution < -0.4 is 4.90 Å². The van der Waals surface area contributed by atoms with Gasteiger partial charge in [-0.3, -0.25) is 4.79 Å². The van der Waals surface area contributed by atoms with Crippen LogP contribution in [0.15, 0.2) is 48.5 Å². The number of fused-ring (bicyclic) bond motifs is 1. The van der Waals surface area contributed by atoms with Crippen LogP contribution in [0.3, 0.4) is 0 Å². The first-order valence-electron chi connectivity index (χ1n) is 7.87. The number of anilines is 1. The number of carbonyl (C=O) groups excluding carboxylic acids is 1. The van der Waals surface area contributed by atoms with Crippen molar-refractivity contribution in [3.05, 3.63) is 59.9 Å². The standard InChI is InChI=1S/C18H16FN3OS/c19-14-6-2-1-5-13(14)17(23)21-9-11-22(12-10-21)18-20-15-7-3-4-8-16(15)24-18/h1-8H,9-12H2. The first-order chi connectivity index (χ1) is 11.7. The van der Waals surface area contributed by atoms with Crippen LogP contribution >= 0.6 is 11.3 Å². The predicted molar refractivity (Wildman–Crippen MR) is 94.1 cm³/mol. The summed E-state index contributed by atoms with van der Waals surface area (Å²) < 4.78 is 15.0. The fraction of sp³-hybridized carbons (Fsp3) is 0.222. The third-order valence-electron chi connectivity index (χ3n) is 4.22. The second-order valence-electron chi connectivity index (χ2n) is 5.72. The molecule has 0 radical (unpaired) electrons. The van der Waals surface area contributed by atoms with Crippen LogP contribution in [0.1, 0.15) is 10.4 Å². The molecule has 0 bridgehead atoms. The molecule has 1 amide bonds. The molecule has 0 saturated carbocycles. The maximum absolute atomic E-state index is 13.8. The zero-order valence-corrected chi connectivity index (χ0v) is 13.8. The minimum atomic E-state index is -0.462. The molecule has 1 saturated heterocycles. The minimum absolute atomic E-state index is 0.144. The van der Waals surface area contributed by atoms with Crippen LogP contribution in [0.25, 0.3) is 10.2 Å². The highest BCUT2D eigenvalue weighted by atomic mass is 32.1. The number of halogens is 1. The number of thiazole rings is 1. The molecule has 24 heavy (non-hydrogen) atoms. The molecular formula is C18H16FN3OS. The number of nitrogens with zero attached hydrogens (tertiary/aromatic N) is 3. The quantitative estimate of drug-likeness (QED) is 0.717. The number of hydrogen-bond acceptors (Lipinski definition) is 4. The van der Waals surface area contributed by atoms with Crippen molar-refractivity contribution in [2.45, 2.75) is 0 Å². The van der Waals surface area contributed by atoms with E-state index in [1.807, 2.05) is 18.2 Å². The van der Waals surface area contributed by atoms with Gasteiger partial charge in [0.05, 0.1) is 15.8 Å². The Hall–Kier alpha value is -2.47. The maximum Gasteiger partial charge on any atom is 0.256 e. The number of para-hydroxylation sites is 1. The van der Waals surface area contributed by atoms with Crippen molar-refractivity contribution < 1.29 is 9.18 Å². The molecular weight excluding hydrogens is 325 g/mol. The topological polar surface area (TPSA) is 36.4 Å². The molecule has 1 aromatic heterocycles. The molecule has 4 rings (SSSR count). The van der Waals surface area contributed by atoms with Gasteiger partial charge < -0.3 is 9.80 Å². The Morgan fingerprint density at radius 1 is 1.00 bits per heavy atom. The van der Waals surface area contributed by atoms with Crippen molar-refractivity contribution in [3.8, 4) is 0 Å². The first-order valence-corrected chi connectivity index (χ1v) is 8.68. The lowest BCUT2D eigenvalue weighted by atomic mass is 10.1. The third kappa shape index (κ3) is 2.73. The Kier molecular flexibility index (Phi) is 3.90. The number of aromatic nitrogens is 1. The van der Waals surface area contributed by atoms with Gasteiger partial charge in [-0.15, -0.1) is 0 Å². The lowest BCUT2D eigenvalue weighted by Gasteiger charge is -2.34. The lowest BCUT2D eigenvalue weighted by molar-refractivity contribution is 0.0742. The summed E-state index contributed by atoms with van der Waals surface area (Å²) in [6.45, 7) is 2.56. The number of hydrogen-bond donors (Lipinski definition) is 0. The van der Waals surface area contributed by atoms with E-state index < -0.39 is 5.82 Å². The Labute approximate surface area is 143 Å². The Bertz CT molecular complexity index is 854. The monoisotopic (exact) mass is 341 g/mol. The van der Waals surface area contributed by atoms with E-state index in [-0.39, 0.29) is 11.5 Å². The second-order valence-corrected chi connectivity index (χ2v) is 6.73. The van der Waals surface area contributed by atoms with E-state index in [2.05, 4.69) is 16.0 Å². The van der Waals surface area contributed by atoms with Gasteiger partial charge in [-0.1, -0.05) is 35.6 Å². The number of piperazine rings is 1. The molecule has 3 aromatic rings. The van der Waals surface area contributed by atoms with Gasteiger partial charge in [-0.2, -0.15) is 0 Å². The molecule has 4 nitrogen and oxygen atoms in total. The Balaban J connectivity index is 1.47. The first kappa shape index (κ1) is 15.1. The number of amides is 1. The van der Waals surface area contributed by atoms with Crippen LogP contribution in [0.5, 0.6) is 0 Å². The van der Waals surface area contributed by atoms with E-state index in [4.69, 9.17) is 0 Å². The van der Waals surface area contributed by atoms with Crippen LogP contribution in [-0.2, 0) is 0 Å². The maximum atomic E-state index is 13.8. The fourth-order valence-electron chi connectivity index (χ4n) is 2.90. The zero-order chi connectivity index (χ0) is 16.5. The summed E-state index contributed by atoms with van der Waals surface area (Å²) in [4.78, 5) is 21.0. The van der Waals surface area contributed by atoms with Crippen LogP contribution in [0, 0.1) is 5.82 Å². The molecule has 122 valence electrons. The van der Waals surface area contributed by atoms with Gasteiger partial charge in [0.25, 0.3) is 5.91 Å². The predicted octanol–water partition coefficient (Wildman–Crippen LogP) is 3.40. The average Bonchev–Trinajstić information content (AvgIpc) is 3.06. The molecule has 0 N–H and O–H groups in total. The Morgan fingerprint density at radius 2 is 1.71 bits per heavy atom. The van der Waals surface area contributed by atoms with E-state index in [0.29, 0.717) is 26.2 Å². The van der Waals surface area contributed by atoms with Gasteiger partial charge in [0.15, 0.2) is 5.13 Å². The van der Waals surface area contributed by atoms with Gasteiger partial charge in [0.2, 0.25) is 0 Å². The van der Waals surface area contributed by atoms with Crippen molar-refractivity contribution in [1.29, 1.82) is 0 Å². The molecule has 2 aromatic carbocycles. The summed E-state index contributed by atoms with van der Waals surface area (Å²) in [5.74, 6) is -0.701. The highest BCUT2D eigenvalue weighted by Gasteiger charge is 2.25. The number of carbonyl (C=O) groups is 1. The zero-order valence-electron chi connectivity index (χ0n) is 13.0. The van der Waals surface area contributed by atoms with E-state index in [1.54, 1.807) is 28.4 Å². The highest BCUT2D eigenvalue weighted by Crippen LogP contribution is 2.29. The fourth-order valence-corrected chi connectivity index (χ4v) is 3.92. The average molecular weight is 341 g/mol. The summed E-state index contributed by atoms with van der Waals surface area (Å²) in [5, 5.41) is 0.981. The van der Waals surface area contributed by atoms with E-state index in [1.165, 1.54) is 12.1 Å². The lowest BCUT2D eigenvalue weighted by Crippen LogP contribution is -2.49. The van der Waals surface area contributed by atoms with E-state index in [0.717, 1.165) is 15.3 Å². The van der Waals surface area contributed by atoms with Crippen LogP contribution in [0.2, 0.25) is 0 Å². The molecule has 0 aliphatic carbocycles. The Morgan fingerprint density at radius 3 is 2.46 bits per heavy atom. The van der Waals surface area contributed by atoms with Crippen molar-refractivity contribution in [1.82, 2.24) is 9.88 Å². The molecule has 0 atom stereocenters. The van der Waals surface area contributed by atoms with Crippen molar-refractivity contribution in [2.24, 2.45) is 0 Å². The summed E-state index contributed by atoms with van der Waals surface area (Å²) in [5.41, 5.74) is 1.15. The summed E-state index contributed by atoms with van der Waals surface area (Å²) >= 11 is 1.66. The largest absolute Gasteiger partial charge is 0.345 e. The number of rotatable bonds is 2. The second kappa shape index (κ2) is 6.20. The summed E-state index contributed by atoms with van der Waals surface area (Å²) in [6.07, 6.45) is 0. The van der Waals surface area contributed by atoms with Gasteiger partial charge in [0, 0.05) is 26.2 Å². The smallest absolute Gasteiger partial charge is 0.256 e. The number of benzene rings is 2. The van der Waals surface area contributed by atoms with Crippen molar-refractivity contribution >= 4 is 32.6 Å².